The van der Waals surface area contributed by atoms with E-state index in [1.165, 1.54) is 37.4 Å². The van der Waals surface area contributed by atoms with Crippen molar-refractivity contribution in [3.8, 4) is 11.5 Å². The lowest BCUT2D eigenvalue weighted by Crippen LogP contribution is -1.88. The molecule has 26 heavy (non-hydrogen) atoms. The van der Waals surface area contributed by atoms with E-state index in [-0.39, 0.29) is 17.4 Å². The maximum absolute atomic E-state index is 13.3. The number of hydrogen-bond donors (Lipinski definition) is 1. The van der Waals surface area contributed by atoms with Crippen LogP contribution in [0.1, 0.15) is 16.7 Å². The van der Waals surface area contributed by atoms with Gasteiger partial charge in [0.15, 0.2) is 0 Å². The van der Waals surface area contributed by atoms with E-state index in [9.17, 15) is 13.9 Å². The third kappa shape index (κ3) is 4.00. The molecular weight excluding hydrogens is 334 g/mol. The van der Waals surface area contributed by atoms with Crippen molar-refractivity contribution < 1.29 is 18.6 Å². The summed E-state index contributed by atoms with van der Waals surface area (Å²) < 4.78 is 31.7. The van der Waals surface area contributed by atoms with Gasteiger partial charge in [0.05, 0.1) is 7.11 Å². The van der Waals surface area contributed by atoms with Crippen LogP contribution in [0.2, 0.25) is 0 Å². The Morgan fingerprint density at radius 1 is 0.885 bits per heavy atom. The van der Waals surface area contributed by atoms with Gasteiger partial charge in [0.2, 0.25) is 0 Å². The summed E-state index contributed by atoms with van der Waals surface area (Å²) in [5.41, 5.74) is 5.73. The van der Waals surface area contributed by atoms with Crippen LogP contribution in [0.15, 0.2) is 72.5 Å². The first-order valence-corrected chi connectivity index (χ1v) is 7.92. The van der Waals surface area contributed by atoms with Gasteiger partial charge >= 0.3 is 0 Å². The zero-order valence-corrected chi connectivity index (χ0v) is 14.0. The first-order chi connectivity index (χ1) is 12.6. The molecule has 0 spiro atoms. The topological polar surface area (TPSA) is 29.5 Å². The van der Waals surface area contributed by atoms with E-state index in [4.69, 9.17) is 4.74 Å². The molecule has 0 bridgehead atoms. The van der Waals surface area contributed by atoms with Gasteiger partial charge in [-0.3, -0.25) is 0 Å². The molecule has 0 unspecified atom stereocenters. The van der Waals surface area contributed by atoms with Crippen LogP contribution in [0.3, 0.4) is 0 Å². The van der Waals surface area contributed by atoms with Crippen LogP contribution >= 0.6 is 0 Å². The molecule has 0 aromatic heterocycles. The molecule has 2 nitrogen and oxygen atoms in total. The van der Waals surface area contributed by atoms with E-state index in [2.05, 4.69) is 5.73 Å². The predicted octanol–water partition coefficient (Wildman–Crippen LogP) is 5.42. The monoisotopic (exact) mass is 350 g/mol. The summed E-state index contributed by atoms with van der Waals surface area (Å²) in [6, 6.07) is 16.8. The minimum atomic E-state index is -0.346. The summed E-state index contributed by atoms with van der Waals surface area (Å²) in [5, 5.41) is 10.0. The van der Waals surface area contributed by atoms with Crippen LogP contribution in [-0.2, 0) is 0 Å². The van der Waals surface area contributed by atoms with Gasteiger partial charge in [0.1, 0.15) is 23.1 Å². The lowest BCUT2D eigenvalue weighted by molar-refractivity contribution is 0.412. The normalized spacial score (nSPS) is 10.1. The first kappa shape index (κ1) is 17.5. The van der Waals surface area contributed by atoms with E-state index >= 15 is 0 Å². The Balaban J connectivity index is 2.15. The summed E-state index contributed by atoms with van der Waals surface area (Å²) >= 11 is 0. The number of phenolic OH excluding ortho intramolecular Hbond substituents is 1. The Labute approximate surface area is 150 Å². The largest absolute Gasteiger partial charge is 0.507 e. The zero-order valence-electron chi connectivity index (χ0n) is 14.0. The second kappa shape index (κ2) is 7.68. The molecule has 0 aliphatic rings. The summed E-state index contributed by atoms with van der Waals surface area (Å²) in [5.74, 6) is -0.0138. The summed E-state index contributed by atoms with van der Waals surface area (Å²) in [6.45, 7) is 0. The number of ether oxygens (including phenoxy) is 1. The highest BCUT2D eigenvalue weighted by atomic mass is 19.1. The van der Waals surface area contributed by atoms with Crippen molar-refractivity contribution in [3.63, 3.8) is 0 Å². The van der Waals surface area contributed by atoms with Crippen LogP contribution in [0.5, 0.6) is 11.5 Å². The first-order valence-electron chi connectivity index (χ1n) is 7.92. The highest BCUT2D eigenvalue weighted by Gasteiger charge is 2.06. The number of hydrogen-bond acceptors (Lipinski definition) is 2. The lowest BCUT2D eigenvalue weighted by atomic mass is 9.98. The van der Waals surface area contributed by atoms with E-state index in [0.717, 1.165) is 11.1 Å². The van der Waals surface area contributed by atoms with Gasteiger partial charge < -0.3 is 9.84 Å². The van der Waals surface area contributed by atoms with Gasteiger partial charge in [0, 0.05) is 11.1 Å². The Morgan fingerprint density at radius 2 is 1.42 bits per heavy atom. The van der Waals surface area contributed by atoms with E-state index < -0.39 is 0 Å². The molecule has 0 aliphatic carbocycles. The molecule has 0 atom stereocenters. The van der Waals surface area contributed by atoms with Crippen LogP contribution < -0.4 is 4.74 Å². The molecule has 0 saturated heterocycles. The molecule has 3 aromatic rings. The van der Waals surface area contributed by atoms with Crippen molar-refractivity contribution in [1.82, 2.24) is 0 Å². The molecule has 1 N–H and O–H groups in total. The maximum atomic E-state index is 13.3. The number of methoxy groups -OCH3 is 1. The fourth-order valence-corrected chi connectivity index (χ4v) is 2.49. The van der Waals surface area contributed by atoms with Gasteiger partial charge in [-0.15, -0.1) is 5.73 Å². The lowest BCUT2D eigenvalue weighted by Gasteiger charge is -2.06. The van der Waals surface area contributed by atoms with Crippen molar-refractivity contribution in [1.29, 1.82) is 0 Å². The Hall–Kier alpha value is -3.36. The Morgan fingerprint density at radius 3 is 1.92 bits per heavy atom. The molecule has 0 heterocycles. The Kier molecular flexibility index (Phi) is 5.16. The van der Waals surface area contributed by atoms with Crippen molar-refractivity contribution in [2.75, 3.05) is 7.11 Å². The fourth-order valence-electron chi connectivity index (χ4n) is 2.49. The van der Waals surface area contributed by atoms with Crippen LogP contribution in [-0.4, -0.2) is 12.2 Å². The number of benzene rings is 3. The number of aromatic hydroxyl groups is 1. The molecule has 3 rings (SSSR count). The third-order valence-corrected chi connectivity index (χ3v) is 3.87. The third-order valence-electron chi connectivity index (χ3n) is 3.87. The average molecular weight is 350 g/mol. The molecule has 0 amide bonds. The summed E-state index contributed by atoms with van der Waals surface area (Å²) in [4.78, 5) is 0. The van der Waals surface area contributed by atoms with E-state index in [0.29, 0.717) is 16.9 Å². The molecule has 3 aromatic carbocycles. The van der Waals surface area contributed by atoms with Gasteiger partial charge in [-0.05, 0) is 59.7 Å². The molecule has 0 radical (unpaired) electrons. The number of rotatable bonds is 4. The van der Waals surface area contributed by atoms with Crippen molar-refractivity contribution in [3.05, 3.63) is 101 Å². The van der Waals surface area contributed by atoms with Crippen molar-refractivity contribution >= 4 is 11.6 Å². The zero-order chi connectivity index (χ0) is 18.5. The minimum absolute atomic E-state index is 0.0795. The summed E-state index contributed by atoms with van der Waals surface area (Å²) in [6.07, 6.45) is 1.61. The van der Waals surface area contributed by atoms with Gasteiger partial charge in [0.25, 0.3) is 0 Å². The molecule has 0 fully saturated rings. The molecular formula is C22H16F2O2. The van der Waals surface area contributed by atoms with Crippen LogP contribution in [0.4, 0.5) is 8.78 Å². The maximum Gasteiger partial charge on any atom is 0.123 e. The minimum Gasteiger partial charge on any atom is -0.507 e. The number of halogens is 2. The van der Waals surface area contributed by atoms with Crippen molar-refractivity contribution in [2.45, 2.75) is 0 Å². The highest BCUT2D eigenvalue weighted by molar-refractivity contribution is 5.81. The van der Waals surface area contributed by atoms with E-state index in [1.807, 2.05) is 0 Å². The highest BCUT2D eigenvalue weighted by Crippen LogP contribution is 2.27. The molecule has 130 valence electrons. The predicted molar refractivity (Wildman–Crippen MR) is 97.9 cm³/mol. The molecule has 4 heteroatoms. The quantitative estimate of drug-likeness (QED) is 0.637. The van der Waals surface area contributed by atoms with Crippen LogP contribution in [0, 0.1) is 11.6 Å². The van der Waals surface area contributed by atoms with Gasteiger partial charge in [-0.2, -0.15) is 0 Å². The van der Waals surface area contributed by atoms with Gasteiger partial charge in [-0.25, -0.2) is 8.78 Å². The smallest absolute Gasteiger partial charge is 0.123 e. The summed E-state index contributed by atoms with van der Waals surface area (Å²) in [7, 11) is 1.54. The Bertz CT molecular complexity index is 921. The standard InChI is InChI=1S/C22H16F2O2/c1-26-20-11-13-22(25)17(14-20)6-12-21(15-2-7-18(23)8-3-15)16-4-9-19(24)10-5-16/h2-11,13-14,25H,1H3. The van der Waals surface area contributed by atoms with E-state index in [1.54, 1.807) is 42.5 Å². The van der Waals surface area contributed by atoms with Crippen molar-refractivity contribution in [2.24, 2.45) is 0 Å². The van der Waals surface area contributed by atoms with Gasteiger partial charge in [-0.1, -0.05) is 24.3 Å². The number of phenols is 1. The average Bonchev–Trinajstić information content (AvgIpc) is 2.66. The second-order valence-electron chi connectivity index (χ2n) is 5.60. The molecule has 0 aliphatic heterocycles. The second-order valence-corrected chi connectivity index (χ2v) is 5.60. The SMILES string of the molecule is COc1ccc(O)c(C=C=C(c2ccc(F)cc2)c2ccc(F)cc2)c1. The molecule has 0 saturated carbocycles. The van der Waals surface area contributed by atoms with Crippen LogP contribution in [0.25, 0.3) is 11.6 Å². The fraction of sp³-hybridized carbons (Fsp3) is 0.0455.